The van der Waals surface area contributed by atoms with Gasteiger partial charge in [0.25, 0.3) is 0 Å². The Morgan fingerprint density at radius 3 is 1.50 bits per heavy atom. The molecule has 1 fully saturated rings. The third-order valence-electron chi connectivity index (χ3n) is 1.16. The lowest BCUT2D eigenvalue weighted by atomic mass is 10.4. The third kappa shape index (κ3) is 1.96. The topological polar surface area (TPSA) is 34.1 Å². The zero-order valence-electron chi connectivity index (χ0n) is 4.55. The van der Waals surface area contributed by atoms with Crippen LogP contribution < -0.4 is 0 Å². The van der Waals surface area contributed by atoms with E-state index >= 15 is 0 Å². The van der Waals surface area contributed by atoms with E-state index in [1.807, 2.05) is 0 Å². The second-order valence-corrected chi connectivity index (χ2v) is 4.16. The zero-order valence-corrected chi connectivity index (χ0v) is 6.37. The van der Waals surface area contributed by atoms with E-state index in [1.54, 1.807) is 0 Å². The fourth-order valence-corrected chi connectivity index (χ4v) is 2.24. The first-order chi connectivity index (χ1) is 3.21. The van der Waals surface area contributed by atoms with Gasteiger partial charge in [-0.3, -0.25) is 0 Å². The molecule has 4 heteroatoms. The lowest BCUT2D eigenvalue weighted by molar-refractivity contribution is 0.602. The van der Waals surface area contributed by atoms with Crippen molar-refractivity contribution >= 4 is 20.8 Å². The number of hydrogen-bond acceptors (Lipinski definition) is 2. The Morgan fingerprint density at radius 2 is 1.38 bits per heavy atom. The predicted molar refractivity (Wildman–Crippen MR) is 33.6 cm³/mol. The smallest absolute Gasteiger partial charge is 0.150 e. The van der Waals surface area contributed by atoms with Gasteiger partial charge in [0.15, 0.2) is 0 Å². The van der Waals surface area contributed by atoms with E-state index in [0.29, 0.717) is 11.5 Å². The van der Waals surface area contributed by atoms with Crippen molar-refractivity contribution in [3.8, 4) is 0 Å². The standard InChI is InChI=1S/C4H8O2S.Si/c5-7(6)3-1-2-4-7;/h1-4H2;. The Morgan fingerprint density at radius 1 is 1.00 bits per heavy atom. The molecule has 0 amide bonds. The van der Waals surface area contributed by atoms with E-state index in [9.17, 15) is 8.42 Å². The number of rotatable bonds is 0. The van der Waals surface area contributed by atoms with Gasteiger partial charge in [-0.15, -0.1) is 0 Å². The number of hydrogen-bond donors (Lipinski definition) is 0. The summed E-state index contributed by atoms with van der Waals surface area (Å²) in [7, 11) is -2.55. The minimum atomic E-state index is -2.55. The van der Waals surface area contributed by atoms with Crippen LogP contribution in [-0.2, 0) is 9.84 Å². The van der Waals surface area contributed by atoms with Crippen LogP contribution in [0.4, 0.5) is 0 Å². The van der Waals surface area contributed by atoms with Gasteiger partial charge in [0, 0.05) is 11.0 Å². The minimum Gasteiger partial charge on any atom is -0.229 e. The van der Waals surface area contributed by atoms with Crippen LogP contribution in [0.2, 0.25) is 0 Å². The summed E-state index contributed by atoms with van der Waals surface area (Å²) in [6.45, 7) is 0. The highest BCUT2D eigenvalue weighted by Crippen LogP contribution is 2.08. The summed E-state index contributed by atoms with van der Waals surface area (Å²) >= 11 is 0. The summed E-state index contributed by atoms with van der Waals surface area (Å²) in [4.78, 5) is 0. The maximum atomic E-state index is 10.4. The van der Waals surface area contributed by atoms with Crippen LogP contribution in [0.25, 0.3) is 0 Å². The summed E-state index contributed by atoms with van der Waals surface area (Å²) in [5.41, 5.74) is 0. The summed E-state index contributed by atoms with van der Waals surface area (Å²) in [5, 5.41) is 0. The molecule has 0 unspecified atom stereocenters. The molecule has 0 aliphatic carbocycles. The summed E-state index contributed by atoms with van der Waals surface area (Å²) in [5.74, 6) is 0.847. The lowest BCUT2D eigenvalue weighted by Gasteiger charge is -1.81. The molecule has 4 radical (unpaired) electrons. The normalized spacial score (nSPS) is 24.5. The number of sulfone groups is 1. The van der Waals surface area contributed by atoms with E-state index in [1.165, 1.54) is 0 Å². The molecule has 1 heterocycles. The molecule has 0 atom stereocenters. The van der Waals surface area contributed by atoms with Gasteiger partial charge in [-0.2, -0.15) is 0 Å². The molecule has 0 saturated carbocycles. The van der Waals surface area contributed by atoms with E-state index < -0.39 is 9.84 Å². The molecular weight excluding hydrogens is 140 g/mol. The van der Waals surface area contributed by atoms with Gasteiger partial charge >= 0.3 is 0 Å². The highest BCUT2D eigenvalue weighted by Gasteiger charge is 2.16. The molecule has 0 aromatic heterocycles. The fourth-order valence-electron chi connectivity index (χ4n) is 0.746. The van der Waals surface area contributed by atoms with E-state index in [0.717, 1.165) is 12.8 Å². The highest BCUT2D eigenvalue weighted by atomic mass is 32.2. The van der Waals surface area contributed by atoms with Crippen LogP contribution in [-0.4, -0.2) is 30.9 Å². The summed E-state index contributed by atoms with van der Waals surface area (Å²) < 4.78 is 20.9. The molecule has 2 nitrogen and oxygen atoms in total. The molecule has 1 aliphatic heterocycles. The molecule has 0 bridgehead atoms. The largest absolute Gasteiger partial charge is 0.229 e. The van der Waals surface area contributed by atoms with Gasteiger partial charge in [0.05, 0.1) is 11.5 Å². The van der Waals surface area contributed by atoms with Crippen molar-refractivity contribution in [3.63, 3.8) is 0 Å². The molecule has 0 spiro atoms. The Balaban J connectivity index is 0.000000490. The van der Waals surface area contributed by atoms with Gasteiger partial charge in [0.1, 0.15) is 9.84 Å². The molecule has 8 heavy (non-hydrogen) atoms. The van der Waals surface area contributed by atoms with Gasteiger partial charge < -0.3 is 0 Å². The Kier molecular flexibility index (Phi) is 2.69. The van der Waals surface area contributed by atoms with Crippen molar-refractivity contribution in [2.75, 3.05) is 11.5 Å². The van der Waals surface area contributed by atoms with Gasteiger partial charge in [-0.25, -0.2) is 8.42 Å². The summed E-state index contributed by atoms with van der Waals surface area (Å²) in [6.07, 6.45) is 1.75. The first-order valence-corrected chi connectivity index (χ1v) is 4.23. The van der Waals surface area contributed by atoms with Crippen LogP contribution in [0.3, 0.4) is 0 Å². The first-order valence-electron chi connectivity index (χ1n) is 2.41. The Bertz CT molecular complexity index is 137. The molecule has 46 valence electrons. The van der Waals surface area contributed by atoms with Crippen LogP contribution in [0.5, 0.6) is 0 Å². The van der Waals surface area contributed by atoms with Crippen molar-refractivity contribution in [1.82, 2.24) is 0 Å². The molecule has 1 rings (SSSR count). The maximum absolute atomic E-state index is 10.4. The van der Waals surface area contributed by atoms with Crippen LogP contribution in [0.1, 0.15) is 12.8 Å². The van der Waals surface area contributed by atoms with Crippen molar-refractivity contribution in [2.24, 2.45) is 0 Å². The molecule has 0 N–H and O–H groups in total. The van der Waals surface area contributed by atoms with Crippen molar-refractivity contribution in [1.29, 1.82) is 0 Å². The van der Waals surface area contributed by atoms with Crippen molar-refractivity contribution < 1.29 is 8.42 Å². The molecule has 0 aromatic rings. The molecule has 0 aromatic carbocycles. The van der Waals surface area contributed by atoms with Crippen LogP contribution >= 0.6 is 0 Å². The molecular formula is C4H8O2SSi. The van der Waals surface area contributed by atoms with Crippen LogP contribution in [0.15, 0.2) is 0 Å². The van der Waals surface area contributed by atoms with Crippen LogP contribution in [0, 0.1) is 0 Å². The molecule has 1 aliphatic rings. The Labute approximate surface area is 54.2 Å². The quantitative estimate of drug-likeness (QED) is 0.446. The SMILES string of the molecule is O=S1(=O)CCCC1.[Si]. The maximum Gasteiger partial charge on any atom is 0.150 e. The third-order valence-corrected chi connectivity index (χ3v) is 2.98. The van der Waals surface area contributed by atoms with Crippen molar-refractivity contribution in [3.05, 3.63) is 0 Å². The van der Waals surface area contributed by atoms with E-state index in [-0.39, 0.29) is 11.0 Å². The van der Waals surface area contributed by atoms with E-state index in [4.69, 9.17) is 0 Å². The fraction of sp³-hybridized carbons (Fsp3) is 1.00. The highest BCUT2D eigenvalue weighted by molar-refractivity contribution is 7.91. The van der Waals surface area contributed by atoms with Gasteiger partial charge in [-0.05, 0) is 12.8 Å². The average Bonchev–Trinajstić information content (AvgIpc) is 1.84. The second-order valence-electron chi connectivity index (χ2n) is 1.86. The van der Waals surface area contributed by atoms with Gasteiger partial charge in [0.2, 0.25) is 0 Å². The zero-order chi connectivity index (χ0) is 5.33. The van der Waals surface area contributed by atoms with E-state index in [2.05, 4.69) is 0 Å². The van der Waals surface area contributed by atoms with Gasteiger partial charge in [-0.1, -0.05) is 0 Å². The summed E-state index contributed by atoms with van der Waals surface area (Å²) in [6, 6.07) is 0. The Hall–Kier alpha value is 0.167. The monoisotopic (exact) mass is 148 g/mol. The second kappa shape index (κ2) is 2.64. The first kappa shape index (κ1) is 8.17. The minimum absolute atomic E-state index is 0. The molecule has 1 saturated heterocycles. The van der Waals surface area contributed by atoms with Crippen molar-refractivity contribution in [2.45, 2.75) is 12.8 Å². The lowest BCUT2D eigenvalue weighted by Crippen LogP contribution is -1.98. The average molecular weight is 148 g/mol. The predicted octanol–water partition coefficient (Wildman–Crippen LogP) is -0.186.